The molecule has 2 N–H and O–H groups in total. The summed E-state index contributed by atoms with van der Waals surface area (Å²) in [5.74, 6) is -1.54. The Hall–Kier alpha value is -1.63. The maximum atomic E-state index is 10.9. The van der Waals surface area contributed by atoms with Crippen molar-refractivity contribution in [1.29, 1.82) is 0 Å². The van der Waals surface area contributed by atoms with Crippen LogP contribution < -0.4 is 0 Å². The van der Waals surface area contributed by atoms with Gasteiger partial charge in [0.05, 0.1) is 24.4 Å². The van der Waals surface area contributed by atoms with Gasteiger partial charge in [-0.25, -0.2) is 0 Å². The number of rotatable bonds is 2. The van der Waals surface area contributed by atoms with E-state index in [1.54, 1.807) is 6.92 Å². The number of carbonyl (C=O) groups is 3. The van der Waals surface area contributed by atoms with Gasteiger partial charge in [-0.05, 0) is 13.8 Å². The van der Waals surface area contributed by atoms with Crippen molar-refractivity contribution in [3.63, 3.8) is 0 Å². The lowest BCUT2D eigenvalue weighted by molar-refractivity contribution is -0.172. The molecule has 0 aromatic rings. The van der Waals surface area contributed by atoms with Crippen molar-refractivity contribution in [3.8, 4) is 0 Å². The topological polar surface area (TPSA) is 110 Å². The monoisotopic (exact) mass is 334 g/mol. The van der Waals surface area contributed by atoms with Gasteiger partial charge in [0.15, 0.2) is 0 Å². The van der Waals surface area contributed by atoms with Crippen LogP contribution in [0.5, 0.6) is 0 Å². The van der Waals surface area contributed by atoms with Gasteiger partial charge in [0, 0.05) is 6.42 Å². The fourth-order valence-electron chi connectivity index (χ4n) is 1.92. The molecular weight excluding hydrogens is 304 g/mol. The van der Waals surface area contributed by atoms with Gasteiger partial charge in [-0.1, -0.05) is 27.7 Å². The van der Waals surface area contributed by atoms with E-state index in [2.05, 4.69) is 4.74 Å². The zero-order valence-corrected chi connectivity index (χ0v) is 14.9. The zero-order chi connectivity index (χ0) is 18.6. The Balaban J connectivity index is 0. The molecule has 2 saturated heterocycles. The third-order valence-corrected chi connectivity index (χ3v) is 2.83. The van der Waals surface area contributed by atoms with E-state index in [4.69, 9.17) is 9.84 Å². The number of carboxylic acids is 1. The fraction of sp³-hybridized carbons (Fsp3) is 0.812. The highest BCUT2D eigenvalue weighted by Crippen LogP contribution is 2.28. The van der Waals surface area contributed by atoms with E-state index >= 15 is 0 Å². The minimum atomic E-state index is -1.43. The Kier molecular flexibility index (Phi) is 12.2. The van der Waals surface area contributed by atoms with Crippen LogP contribution in [0, 0.1) is 5.92 Å². The molecular formula is C16H30O7. The van der Waals surface area contributed by atoms with E-state index in [1.165, 1.54) is 0 Å². The molecule has 0 spiro atoms. The summed E-state index contributed by atoms with van der Waals surface area (Å²) in [7, 11) is 0. The molecule has 2 rings (SSSR count). The molecule has 0 bridgehead atoms. The van der Waals surface area contributed by atoms with Crippen LogP contribution in [0.15, 0.2) is 0 Å². The molecule has 23 heavy (non-hydrogen) atoms. The standard InChI is InChI=1S/C8H12O5.C4H6O2.2C2H6/c1-5-2-8(12,3-6(9)10)4-7(11)13-5;1-3-2-6-4(3)5;2*1-2/h5,12H,2-4H2,1H3,(H,9,10);3H,2H2,1H3;2*1-2H3. The van der Waals surface area contributed by atoms with E-state index in [0.717, 1.165) is 0 Å². The highest BCUT2D eigenvalue weighted by atomic mass is 16.6. The minimum Gasteiger partial charge on any atom is -0.481 e. The van der Waals surface area contributed by atoms with Gasteiger partial charge in [-0.15, -0.1) is 0 Å². The van der Waals surface area contributed by atoms with Gasteiger partial charge in [0.25, 0.3) is 0 Å². The Labute approximate surface area is 138 Å². The Morgan fingerprint density at radius 1 is 1.22 bits per heavy atom. The summed E-state index contributed by atoms with van der Waals surface area (Å²) < 4.78 is 9.18. The average Bonchev–Trinajstić information content (AvgIpc) is 2.47. The quantitative estimate of drug-likeness (QED) is 0.744. The second kappa shape index (κ2) is 11.9. The lowest BCUT2D eigenvalue weighted by Gasteiger charge is -2.33. The number of aliphatic hydroxyl groups is 1. The van der Waals surface area contributed by atoms with Crippen LogP contribution in [0.25, 0.3) is 0 Å². The number of hydrogen-bond acceptors (Lipinski definition) is 6. The van der Waals surface area contributed by atoms with Crippen molar-refractivity contribution >= 4 is 17.9 Å². The highest BCUT2D eigenvalue weighted by Gasteiger charge is 2.39. The van der Waals surface area contributed by atoms with E-state index in [-0.39, 0.29) is 24.7 Å². The summed E-state index contributed by atoms with van der Waals surface area (Å²) in [6, 6.07) is 0. The van der Waals surface area contributed by atoms with Crippen molar-refractivity contribution in [2.24, 2.45) is 5.92 Å². The van der Waals surface area contributed by atoms with Gasteiger partial charge >= 0.3 is 17.9 Å². The lowest BCUT2D eigenvalue weighted by Crippen LogP contribution is -2.43. The van der Waals surface area contributed by atoms with Gasteiger partial charge in [-0.3, -0.25) is 14.4 Å². The molecule has 3 unspecified atom stereocenters. The molecule has 0 saturated carbocycles. The second-order valence-corrected chi connectivity index (χ2v) is 5.01. The second-order valence-electron chi connectivity index (χ2n) is 5.01. The molecule has 0 aromatic carbocycles. The molecule has 7 nitrogen and oxygen atoms in total. The van der Waals surface area contributed by atoms with Crippen LogP contribution in [-0.2, 0) is 23.9 Å². The van der Waals surface area contributed by atoms with Gasteiger partial charge < -0.3 is 19.7 Å². The number of esters is 2. The third-order valence-electron chi connectivity index (χ3n) is 2.83. The molecule has 2 heterocycles. The highest BCUT2D eigenvalue weighted by molar-refractivity contribution is 5.76. The van der Waals surface area contributed by atoms with Crippen LogP contribution in [0.1, 0.15) is 60.8 Å². The summed E-state index contributed by atoms with van der Waals surface area (Å²) in [5.41, 5.74) is -1.43. The zero-order valence-electron chi connectivity index (χ0n) is 14.9. The van der Waals surface area contributed by atoms with E-state index in [1.807, 2.05) is 34.6 Å². The molecule has 7 heteroatoms. The molecule has 0 aliphatic carbocycles. The van der Waals surface area contributed by atoms with Crippen LogP contribution in [0.4, 0.5) is 0 Å². The van der Waals surface area contributed by atoms with Crippen LogP contribution in [0.2, 0.25) is 0 Å². The first-order valence-electron chi connectivity index (χ1n) is 8.02. The number of ether oxygens (including phenoxy) is 2. The Morgan fingerprint density at radius 2 is 1.70 bits per heavy atom. The Morgan fingerprint density at radius 3 is 1.96 bits per heavy atom. The first-order valence-corrected chi connectivity index (χ1v) is 8.02. The lowest BCUT2D eigenvalue weighted by atomic mass is 9.87. The summed E-state index contributed by atoms with van der Waals surface area (Å²) in [6.45, 7) is 12.1. The van der Waals surface area contributed by atoms with Crippen molar-refractivity contribution < 1.29 is 34.1 Å². The largest absolute Gasteiger partial charge is 0.481 e. The Bertz CT molecular complexity index is 377. The summed E-state index contributed by atoms with van der Waals surface area (Å²) in [6.07, 6.45) is -0.869. The first-order chi connectivity index (χ1) is 10.7. The van der Waals surface area contributed by atoms with Crippen molar-refractivity contribution in [3.05, 3.63) is 0 Å². The molecule has 0 radical (unpaired) electrons. The normalized spacial score (nSPS) is 28.0. The molecule has 2 fully saturated rings. The minimum absolute atomic E-state index is 0.0602. The maximum absolute atomic E-state index is 10.9. The fourth-order valence-corrected chi connectivity index (χ4v) is 1.92. The van der Waals surface area contributed by atoms with Gasteiger partial charge in [0.1, 0.15) is 12.7 Å². The number of hydrogen-bond donors (Lipinski definition) is 2. The summed E-state index contributed by atoms with van der Waals surface area (Å²) >= 11 is 0. The van der Waals surface area contributed by atoms with E-state index < -0.39 is 30.1 Å². The summed E-state index contributed by atoms with van der Waals surface area (Å²) in [5, 5.41) is 18.2. The van der Waals surface area contributed by atoms with Gasteiger partial charge in [0.2, 0.25) is 0 Å². The number of aliphatic carboxylic acids is 1. The molecule has 2 aliphatic rings. The van der Waals surface area contributed by atoms with Crippen LogP contribution in [-0.4, -0.2) is 46.4 Å². The molecule has 0 aromatic heterocycles. The third kappa shape index (κ3) is 9.89. The maximum Gasteiger partial charge on any atom is 0.312 e. The van der Waals surface area contributed by atoms with Crippen molar-refractivity contribution in [1.82, 2.24) is 0 Å². The van der Waals surface area contributed by atoms with Crippen LogP contribution >= 0.6 is 0 Å². The average molecular weight is 334 g/mol. The molecule has 136 valence electrons. The predicted octanol–water partition coefficient (Wildman–Crippen LogP) is 2.15. The number of carbonyl (C=O) groups excluding carboxylic acids is 2. The van der Waals surface area contributed by atoms with Crippen molar-refractivity contribution in [2.75, 3.05) is 6.61 Å². The van der Waals surface area contributed by atoms with Gasteiger partial charge in [-0.2, -0.15) is 0 Å². The first kappa shape index (κ1) is 23.6. The van der Waals surface area contributed by atoms with Crippen LogP contribution in [0.3, 0.4) is 0 Å². The SMILES string of the molecule is CC.CC.CC1CC(O)(CC(=O)O)CC(=O)O1.CC1COC1=O. The molecule has 0 amide bonds. The smallest absolute Gasteiger partial charge is 0.312 e. The number of carboxylic acid groups (broad SMARTS) is 1. The number of cyclic esters (lactones) is 2. The van der Waals surface area contributed by atoms with E-state index in [9.17, 15) is 19.5 Å². The van der Waals surface area contributed by atoms with Crippen molar-refractivity contribution in [2.45, 2.75) is 72.5 Å². The predicted molar refractivity (Wildman–Crippen MR) is 84.8 cm³/mol. The molecule has 2 aliphatic heterocycles. The molecule has 3 atom stereocenters. The van der Waals surface area contributed by atoms with E-state index in [0.29, 0.717) is 6.61 Å². The summed E-state index contributed by atoms with van der Waals surface area (Å²) in [4.78, 5) is 31.3.